The van der Waals surface area contributed by atoms with Gasteiger partial charge in [-0.15, -0.1) is 0 Å². The normalized spacial score (nSPS) is 10.3. The number of rotatable bonds is 4. The van der Waals surface area contributed by atoms with Crippen LogP contribution in [0.15, 0.2) is 34.9 Å². The van der Waals surface area contributed by atoms with Crippen molar-refractivity contribution in [2.75, 3.05) is 5.32 Å². The molecular weight excluding hydrogens is 252 g/mol. The fourth-order valence-corrected chi connectivity index (χ4v) is 1.76. The van der Waals surface area contributed by atoms with Gasteiger partial charge in [0.15, 0.2) is 0 Å². The molecule has 2 rings (SSSR count). The first-order valence-electron chi connectivity index (χ1n) is 5.44. The molecule has 0 saturated heterocycles. The number of furan rings is 1. The Labute approximate surface area is 110 Å². The standard InChI is InChI=1S/C13H13ClN2O2/c1-8-4-5-18-12(8)7-16-11-6-9(13(15)17)2-3-10(11)14/h2-6,16H,7H2,1H3,(H2,15,17). The van der Waals surface area contributed by atoms with E-state index in [1.165, 1.54) is 0 Å². The van der Waals surface area contributed by atoms with Gasteiger partial charge in [0, 0.05) is 5.56 Å². The van der Waals surface area contributed by atoms with Crippen LogP contribution in [0, 0.1) is 6.92 Å². The van der Waals surface area contributed by atoms with E-state index in [9.17, 15) is 4.79 Å². The van der Waals surface area contributed by atoms with Gasteiger partial charge in [-0.3, -0.25) is 4.79 Å². The van der Waals surface area contributed by atoms with Gasteiger partial charge in [-0.25, -0.2) is 0 Å². The molecular formula is C13H13ClN2O2. The second-order valence-electron chi connectivity index (χ2n) is 3.94. The van der Waals surface area contributed by atoms with Gasteiger partial charge in [0.2, 0.25) is 5.91 Å². The van der Waals surface area contributed by atoms with Gasteiger partial charge in [-0.05, 0) is 36.8 Å². The Morgan fingerprint density at radius 3 is 2.83 bits per heavy atom. The van der Waals surface area contributed by atoms with Gasteiger partial charge in [0.05, 0.1) is 23.5 Å². The van der Waals surface area contributed by atoms with Gasteiger partial charge in [0.1, 0.15) is 5.76 Å². The highest BCUT2D eigenvalue weighted by Gasteiger charge is 2.07. The summed E-state index contributed by atoms with van der Waals surface area (Å²) < 4.78 is 5.31. The van der Waals surface area contributed by atoms with Crippen molar-refractivity contribution in [2.45, 2.75) is 13.5 Å². The Hall–Kier alpha value is -1.94. The second-order valence-corrected chi connectivity index (χ2v) is 4.35. The summed E-state index contributed by atoms with van der Waals surface area (Å²) in [6.45, 7) is 2.46. The number of halogens is 1. The molecule has 0 unspecified atom stereocenters. The maximum absolute atomic E-state index is 11.1. The number of amides is 1. The Kier molecular flexibility index (Phi) is 3.58. The summed E-state index contributed by atoms with van der Waals surface area (Å²) in [7, 11) is 0. The third kappa shape index (κ3) is 2.65. The molecule has 1 amide bonds. The molecule has 18 heavy (non-hydrogen) atoms. The number of aryl methyl sites for hydroxylation is 1. The minimum atomic E-state index is -0.483. The third-order valence-electron chi connectivity index (χ3n) is 2.66. The van der Waals surface area contributed by atoms with Crippen LogP contribution in [0.2, 0.25) is 5.02 Å². The van der Waals surface area contributed by atoms with Gasteiger partial charge >= 0.3 is 0 Å². The van der Waals surface area contributed by atoms with Crippen molar-refractivity contribution in [2.24, 2.45) is 5.73 Å². The van der Waals surface area contributed by atoms with Crippen molar-refractivity contribution in [3.63, 3.8) is 0 Å². The number of primary amides is 1. The number of nitrogens with one attached hydrogen (secondary N) is 1. The average Bonchev–Trinajstić information content (AvgIpc) is 2.73. The smallest absolute Gasteiger partial charge is 0.248 e. The molecule has 4 nitrogen and oxygen atoms in total. The first kappa shape index (κ1) is 12.5. The zero-order valence-corrected chi connectivity index (χ0v) is 10.6. The van der Waals surface area contributed by atoms with Crippen molar-refractivity contribution < 1.29 is 9.21 Å². The molecule has 0 bridgehead atoms. The average molecular weight is 265 g/mol. The van der Waals surface area contributed by atoms with Crippen LogP contribution in [0.5, 0.6) is 0 Å². The molecule has 0 saturated carbocycles. The van der Waals surface area contributed by atoms with Crippen LogP contribution in [0.1, 0.15) is 21.7 Å². The number of carbonyl (C=O) groups is 1. The summed E-state index contributed by atoms with van der Waals surface area (Å²) in [5.74, 6) is 0.347. The van der Waals surface area contributed by atoms with E-state index >= 15 is 0 Å². The largest absolute Gasteiger partial charge is 0.467 e. The van der Waals surface area contributed by atoms with E-state index in [1.54, 1.807) is 24.5 Å². The van der Waals surface area contributed by atoms with E-state index in [0.29, 0.717) is 22.8 Å². The predicted molar refractivity (Wildman–Crippen MR) is 70.7 cm³/mol. The molecule has 0 fully saturated rings. The molecule has 0 aliphatic heterocycles. The lowest BCUT2D eigenvalue weighted by Crippen LogP contribution is -2.11. The number of nitrogens with two attached hydrogens (primary N) is 1. The Morgan fingerprint density at radius 2 is 2.22 bits per heavy atom. The Bertz CT molecular complexity index is 578. The summed E-state index contributed by atoms with van der Waals surface area (Å²) in [6.07, 6.45) is 1.63. The minimum absolute atomic E-state index is 0.415. The van der Waals surface area contributed by atoms with Gasteiger partial charge in [0.25, 0.3) is 0 Å². The third-order valence-corrected chi connectivity index (χ3v) is 2.99. The number of carbonyl (C=O) groups excluding carboxylic acids is 1. The number of benzene rings is 1. The summed E-state index contributed by atoms with van der Waals surface area (Å²) in [6, 6.07) is 6.74. The number of anilines is 1. The SMILES string of the molecule is Cc1ccoc1CNc1cc(C(N)=O)ccc1Cl. The van der Waals surface area contributed by atoms with E-state index in [2.05, 4.69) is 5.32 Å². The lowest BCUT2D eigenvalue weighted by molar-refractivity contribution is 0.100. The van der Waals surface area contributed by atoms with Gasteiger partial charge in [-0.2, -0.15) is 0 Å². The van der Waals surface area contributed by atoms with E-state index in [4.69, 9.17) is 21.8 Å². The lowest BCUT2D eigenvalue weighted by atomic mass is 10.2. The van der Waals surface area contributed by atoms with Gasteiger partial charge < -0.3 is 15.5 Å². The van der Waals surface area contributed by atoms with Crippen molar-refractivity contribution in [1.29, 1.82) is 0 Å². The topological polar surface area (TPSA) is 68.3 Å². The number of hydrogen-bond donors (Lipinski definition) is 2. The summed E-state index contributed by atoms with van der Waals surface area (Å²) in [4.78, 5) is 11.1. The molecule has 1 aromatic carbocycles. The molecule has 94 valence electrons. The molecule has 1 heterocycles. The molecule has 0 spiro atoms. The fraction of sp³-hybridized carbons (Fsp3) is 0.154. The van der Waals surface area contributed by atoms with Crippen LogP contribution in [0.25, 0.3) is 0 Å². The lowest BCUT2D eigenvalue weighted by Gasteiger charge is -2.08. The Balaban J connectivity index is 2.16. The van der Waals surface area contributed by atoms with Gasteiger partial charge in [-0.1, -0.05) is 11.6 Å². The van der Waals surface area contributed by atoms with E-state index in [0.717, 1.165) is 11.3 Å². The zero-order chi connectivity index (χ0) is 13.1. The number of hydrogen-bond acceptors (Lipinski definition) is 3. The highest BCUT2D eigenvalue weighted by molar-refractivity contribution is 6.33. The molecule has 2 aromatic rings. The van der Waals surface area contributed by atoms with E-state index in [1.807, 2.05) is 13.0 Å². The summed E-state index contributed by atoms with van der Waals surface area (Å²) in [5, 5.41) is 3.65. The molecule has 5 heteroatoms. The first-order valence-corrected chi connectivity index (χ1v) is 5.82. The van der Waals surface area contributed by atoms with Crippen molar-refractivity contribution in [1.82, 2.24) is 0 Å². The molecule has 0 radical (unpaired) electrons. The zero-order valence-electron chi connectivity index (χ0n) is 9.87. The molecule has 0 aliphatic carbocycles. The molecule has 3 N–H and O–H groups in total. The van der Waals surface area contributed by atoms with E-state index < -0.39 is 5.91 Å². The van der Waals surface area contributed by atoms with Crippen LogP contribution < -0.4 is 11.1 Å². The summed E-state index contributed by atoms with van der Waals surface area (Å²) in [5.41, 5.74) is 7.35. The van der Waals surface area contributed by atoms with Crippen molar-refractivity contribution >= 4 is 23.2 Å². The fourth-order valence-electron chi connectivity index (χ4n) is 1.57. The summed E-state index contributed by atoms with van der Waals surface area (Å²) >= 11 is 6.04. The predicted octanol–water partition coefficient (Wildman–Crippen LogP) is 2.95. The van der Waals surface area contributed by atoms with E-state index in [-0.39, 0.29) is 0 Å². The first-order chi connectivity index (χ1) is 8.58. The van der Waals surface area contributed by atoms with Crippen molar-refractivity contribution in [3.05, 3.63) is 52.4 Å². The van der Waals surface area contributed by atoms with Crippen LogP contribution in [0.3, 0.4) is 0 Å². The van der Waals surface area contributed by atoms with Crippen LogP contribution in [0.4, 0.5) is 5.69 Å². The van der Waals surface area contributed by atoms with Crippen LogP contribution in [-0.4, -0.2) is 5.91 Å². The molecule has 0 aliphatic rings. The van der Waals surface area contributed by atoms with Crippen LogP contribution in [-0.2, 0) is 6.54 Å². The maximum atomic E-state index is 11.1. The van der Waals surface area contributed by atoms with Crippen LogP contribution >= 0.6 is 11.6 Å². The highest BCUT2D eigenvalue weighted by Crippen LogP contribution is 2.24. The molecule has 0 atom stereocenters. The maximum Gasteiger partial charge on any atom is 0.248 e. The quantitative estimate of drug-likeness (QED) is 0.892. The minimum Gasteiger partial charge on any atom is -0.467 e. The second kappa shape index (κ2) is 5.14. The Morgan fingerprint density at radius 1 is 1.44 bits per heavy atom. The van der Waals surface area contributed by atoms with Crippen molar-refractivity contribution in [3.8, 4) is 0 Å². The molecule has 1 aromatic heterocycles. The monoisotopic (exact) mass is 264 g/mol. The highest BCUT2D eigenvalue weighted by atomic mass is 35.5.